The fourth-order valence-corrected chi connectivity index (χ4v) is 2.83. The van der Waals surface area contributed by atoms with E-state index in [4.69, 9.17) is 0 Å². The third-order valence-corrected chi connectivity index (χ3v) is 3.81. The summed E-state index contributed by atoms with van der Waals surface area (Å²) in [7, 11) is 0. The quantitative estimate of drug-likeness (QED) is 0.663. The minimum Gasteiger partial charge on any atom is -0.336 e. The van der Waals surface area contributed by atoms with E-state index < -0.39 is 0 Å². The smallest absolute Gasteiger partial charge is 0.248 e. The highest BCUT2D eigenvalue weighted by Gasteiger charge is 2.27. The van der Waals surface area contributed by atoms with Crippen molar-refractivity contribution in [3.05, 3.63) is 12.2 Å². The molecule has 16 heavy (non-hydrogen) atoms. The standard InChI is InChI=1S/C13H22N2O/c1-11(2)13(16)15-9-7-14(8-10-15)12-5-3-4-6-12/h12H,1,3-10H2,2H3. The third-order valence-electron chi connectivity index (χ3n) is 3.81. The summed E-state index contributed by atoms with van der Waals surface area (Å²) >= 11 is 0. The van der Waals surface area contributed by atoms with Crippen molar-refractivity contribution in [3.63, 3.8) is 0 Å². The van der Waals surface area contributed by atoms with Crippen molar-refractivity contribution in [2.75, 3.05) is 26.2 Å². The summed E-state index contributed by atoms with van der Waals surface area (Å²) < 4.78 is 0. The second kappa shape index (κ2) is 5.00. The van der Waals surface area contributed by atoms with Crippen LogP contribution in [-0.2, 0) is 4.79 Å². The molecule has 0 atom stereocenters. The molecule has 0 spiro atoms. The molecule has 1 amide bonds. The maximum atomic E-state index is 11.7. The minimum atomic E-state index is 0.131. The number of carbonyl (C=O) groups is 1. The number of rotatable bonds is 2. The molecule has 2 aliphatic rings. The van der Waals surface area contributed by atoms with Gasteiger partial charge in [-0.15, -0.1) is 0 Å². The Morgan fingerprint density at radius 3 is 2.19 bits per heavy atom. The lowest BCUT2D eigenvalue weighted by atomic mass is 10.1. The van der Waals surface area contributed by atoms with Crippen molar-refractivity contribution in [2.45, 2.75) is 38.6 Å². The van der Waals surface area contributed by atoms with Crippen LogP contribution in [0.3, 0.4) is 0 Å². The van der Waals surface area contributed by atoms with Crippen molar-refractivity contribution < 1.29 is 4.79 Å². The van der Waals surface area contributed by atoms with Crippen LogP contribution in [0.2, 0.25) is 0 Å². The first-order valence-corrected chi connectivity index (χ1v) is 6.37. The number of carbonyl (C=O) groups excluding carboxylic acids is 1. The fourth-order valence-electron chi connectivity index (χ4n) is 2.83. The Balaban J connectivity index is 1.82. The molecule has 0 bridgehead atoms. The van der Waals surface area contributed by atoms with Crippen molar-refractivity contribution in [3.8, 4) is 0 Å². The predicted octanol–water partition coefficient (Wildman–Crippen LogP) is 1.65. The molecule has 0 aromatic rings. The third kappa shape index (κ3) is 2.46. The fraction of sp³-hybridized carbons (Fsp3) is 0.769. The van der Waals surface area contributed by atoms with E-state index in [1.807, 2.05) is 4.90 Å². The van der Waals surface area contributed by atoms with Crippen LogP contribution in [0.5, 0.6) is 0 Å². The topological polar surface area (TPSA) is 23.6 Å². The summed E-state index contributed by atoms with van der Waals surface area (Å²) in [6.07, 6.45) is 5.48. The van der Waals surface area contributed by atoms with Gasteiger partial charge in [-0.1, -0.05) is 19.4 Å². The molecule has 2 fully saturated rings. The largest absolute Gasteiger partial charge is 0.336 e. The molecule has 3 nitrogen and oxygen atoms in total. The van der Waals surface area contributed by atoms with Gasteiger partial charge in [-0.05, 0) is 19.8 Å². The second-order valence-corrected chi connectivity index (χ2v) is 5.05. The van der Waals surface area contributed by atoms with E-state index in [1.165, 1.54) is 25.7 Å². The van der Waals surface area contributed by atoms with Crippen LogP contribution >= 0.6 is 0 Å². The van der Waals surface area contributed by atoms with Crippen molar-refractivity contribution >= 4 is 5.91 Å². The predicted molar refractivity (Wildman–Crippen MR) is 65.2 cm³/mol. The van der Waals surface area contributed by atoms with E-state index in [0.717, 1.165) is 32.2 Å². The van der Waals surface area contributed by atoms with Crippen molar-refractivity contribution in [2.24, 2.45) is 0 Å². The summed E-state index contributed by atoms with van der Waals surface area (Å²) in [6.45, 7) is 9.36. The molecule has 90 valence electrons. The molecule has 0 unspecified atom stereocenters. The lowest BCUT2D eigenvalue weighted by Crippen LogP contribution is -2.51. The molecule has 0 N–H and O–H groups in total. The molecule has 0 radical (unpaired) electrons. The molecule has 0 aromatic carbocycles. The van der Waals surface area contributed by atoms with Gasteiger partial charge in [0.2, 0.25) is 5.91 Å². The Labute approximate surface area is 98.1 Å². The van der Waals surface area contributed by atoms with E-state index in [2.05, 4.69) is 11.5 Å². The van der Waals surface area contributed by atoms with Crippen LogP contribution in [-0.4, -0.2) is 47.9 Å². The second-order valence-electron chi connectivity index (χ2n) is 5.05. The number of amides is 1. The summed E-state index contributed by atoms with van der Waals surface area (Å²) in [5.41, 5.74) is 0.661. The van der Waals surface area contributed by atoms with Gasteiger partial charge >= 0.3 is 0 Å². The Morgan fingerprint density at radius 2 is 1.69 bits per heavy atom. The van der Waals surface area contributed by atoms with Crippen LogP contribution < -0.4 is 0 Å². The number of nitrogens with zero attached hydrogens (tertiary/aromatic N) is 2. The van der Waals surface area contributed by atoms with Crippen LogP contribution in [0.15, 0.2) is 12.2 Å². The molecule has 3 heteroatoms. The minimum absolute atomic E-state index is 0.131. The maximum Gasteiger partial charge on any atom is 0.248 e. The molecule has 1 saturated carbocycles. The molecule has 1 aliphatic carbocycles. The van der Waals surface area contributed by atoms with Gasteiger partial charge in [-0.3, -0.25) is 9.69 Å². The van der Waals surface area contributed by atoms with Crippen LogP contribution in [0.4, 0.5) is 0 Å². The SMILES string of the molecule is C=C(C)C(=O)N1CCN(C2CCCC2)CC1. The molecule has 2 rings (SSSR count). The van der Waals surface area contributed by atoms with Crippen molar-refractivity contribution in [1.29, 1.82) is 0 Å². The molecular formula is C13H22N2O. The number of hydrogen-bond acceptors (Lipinski definition) is 2. The Kier molecular flexibility index (Phi) is 3.64. The van der Waals surface area contributed by atoms with Gasteiger partial charge in [-0.2, -0.15) is 0 Å². The molecule has 1 heterocycles. The highest BCUT2D eigenvalue weighted by molar-refractivity contribution is 5.92. The van der Waals surface area contributed by atoms with E-state index in [9.17, 15) is 4.79 Å². The van der Waals surface area contributed by atoms with Crippen LogP contribution in [0, 0.1) is 0 Å². The number of hydrogen-bond donors (Lipinski definition) is 0. The van der Waals surface area contributed by atoms with Gasteiger partial charge in [0.15, 0.2) is 0 Å². The van der Waals surface area contributed by atoms with Gasteiger partial charge in [-0.25, -0.2) is 0 Å². The van der Waals surface area contributed by atoms with Crippen LogP contribution in [0.1, 0.15) is 32.6 Å². The highest BCUT2D eigenvalue weighted by atomic mass is 16.2. The van der Waals surface area contributed by atoms with E-state index in [-0.39, 0.29) is 5.91 Å². The van der Waals surface area contributed by atoms with Gasteiger partial charge in [0.1, 0.15) is 0 Å². The zero-order valence-electron chi connectivity index (χ0n) is 10.2. The Hall–Kier alpha value is -0.830. The first-order chi connectivity index (χ1) is 7.68. The Bertz CT molecular complexity index is 274. The zero-order chi connectivity index (χ0) is 11.5. The first kappa shape index (κ1) is 11.6. The normalized spacial score (nSPS) is 23.7. The Morgan fingerprint density at radius 1 is 1.12 bits per heavy atom. The first-order valence-electron chi connectivity index (χ1n) is 6.37. The zero-order valence-corrected chi connectivity index (χ0v) is 10.2. The lowest BCUT2D eigenvalue weighted by Gasteiger charge is -2.38. The van der Waals surface area contributed by atoms with E-state index >= 15 is 0 Å². The van der Waals surface area contributed by atoms with Gasteiger partial charge in [0.25, 0.3) is 0 Å². The summed E-state index contributed by atoms with van der Waals surface area (Å²) in [5, 5.41) is 0. The van der Waals surface area contributed by atoms with Gasteiger partial charge < -0.3 is 4.90 Å². The lowest BCUT2D eigenvalue weighted by molar-refractivity contribution is -0.129. The molecule has 1 aliphatic heterocycles. The average Bonchev–Trinajstić information content (AvgIpc) is 2.81. The summed E-state index contributed by atoms with van der Waals surface area (Å²) in [5.74, 6) is 0.131. The van der Waals surface area contributed by atoms with E-state index in [0.29, 0.717) is 5.57 Å². The summed E-state index contributed by atoms with van der Waals surface area (Å²) in [4.78, 5) is 16.2. The molecular weight excluding hydrogens is 200 g/mol. The van der Waals surface area contributed by atoms with Gasteiger partial charge in [0.05, 0.1) is 0 Å². The van der Waals surface area contributed by atoms with E-state index in [1.54, 1.807) is 6.92 Å². The van der Waals surface area contributed by atoms with Crippen molar-refractivity contribution in [1.82, 2.24) is 9.80 Å². The average molecular weight is 222 g/mol. The van der Waals surface area contributed by atoms with Gasteiger partial charge in [0, 0.05) is 37.8 Å². The maximum absolute atomic E-state index is 11.7. The summed E-state index contributed by atoms with van der Waals surface area (Å²) in [6, 6.07) is 0.794. The monoisotopic (exact) mass is 222 g/mol. The highest BCUT2D eigenvalue weighted by Crippen LogP contribution is 2.24. The molecule has 1 saturated heterocycles. The number of piperazine rings is 1. The van der Waals surface area contributed by atoms with Crippen LogP contribution in [0.25, 0.3) is 0 Å². The molecule has 0 aromatic heterocycles.